The van der Waals surface area contributed by atoms with Crippen molar-refractivity contribution in [1.82, 2.24) is 0 Å². The topological polar surface area (TPSA) is 0 Å². The van der Waals surface area contributed by atoms with E-state index in [0.29, 0.717) is 6.42 Å². The van der Waals surface area contributed by atoms with Gasteiger partial charge in [-0.05, 0) is 30.5 Å². The van der Waals surface area contributed by atoms with Gasteiger partial charge in [0.25, 0.3) is 0 Å². The van der Waals surface area contributed by atoms with Crippen molar-refractivity contribution >= 4 is 15.9 Å². The van der Waals surface area contributed by atoms with Gasteiger partial charge in [0.2, 0.25) is 0 Å². The van der Waals surface area contributed by atoms with Crippen molar-refractivity contribution in [2.45, 2.75) is 24.9 Å². The van der Waals surface area contributed by atoms with Crippen LogP contribution in [0.15, 0.2) is 28.7 Å². The molecule has 1 aliphatic carbocycles. The van der Waals surface area contributed by atoms with Gasteiger partial charge in [-0.1, -0.05) is 28.1 Å². The lowest BCUT2D eigenvalue weighted by Gasteiger charge is -2.04. The molecular weight excluding hydrogens is 219 g/mol. The Kier molecular flexibility index (Phi) is 1.95. The van der Waals surface area contributed by atoms with Crippen molar-refractivity contribution in [2.24, 2.45) is 0 Å². The van der Waals surface area contributed by atoms with Crippen molar-refractivity contribution in [1.29, 1.82) is 0 Å². The van der Waals surface area contributed by atoms with Crippen LogP contribution in [0.5, 0.6) is 0 Å². The Morgan fingerprint density at radius 1 is 1.42 bits per heavy atom. The van der Waals surface area contributed by atoms with Crippen molar-refractivity contribution in [3.8, 4) is 0 Å². The third-order valence-corrected chi connectivity index (χ3v) is 2.70. The molecular formula is C10H10BrF. The molecule has 0 spiro atoms. The van der Waals surface area contributed by atoms with Crippen LogP contribution in [0.3, 0.4) is 0 Å². The third kappa shape index (κ3) is 1.86. The van der Waals surface area contributed by atoms with Crippen LogP contribution in [-0.4, -0.2) is 5.67 Å². The highest BCUT2D eigenvalue weighted by Gasteiger charge is 2.42. The van der Waals surface area contributed by atoms with E-state index in [1.165, 1.54) is 0 Å². The molecule has 0 radical (unpaired) electrons. The van der Waals surface area contributed by atoms with Crippen molar-refractivity contribution < 1.29 is 4.39 Å². The fourth-order valence-corrected chi connectivity index (χ4v) is 1.77. The zero-order valence-electron chi connectivity index (χ0n) is 6.69. The molecule has 0 aromatic heterocycles. The van der Waals surface area contributed by atoms with Crippen LogP contribution < -0.4 is 0 Å². The summed E-state index contributed by atoms with van der Waals surface area (Å²) in [5.74, 6) is 0. The summed E-state index contributed by atoms with van der Waals surface area (Å²) in [5, 5.41) is 0. The number of alkyl halides is 1. The predicted molar refractivity (Wildman–Crippen MR) is 50.9 cm³/mol. The van der Waals surface area contributed by atoms with E-state index in [9.17, 15) is 4.39 Å². The van der Waals surface area contributed by atoms with E-state index in [1.807, 2.05) is 24.3 Å². The molecule has 0 amide bonds. The maximum absolute atomic E-state index is 13.3. The number of benzene rings is 1. The van der Waals surface area contributed by atoms with Crippen LogP contribution >= 0.6 is 15.9 Å². The molecule has 12 heavy (non-hydrogen) atoms. The fraction of sp³-hybridized carbons (Fsp3) is 0.400. The molecule has 1 fully saturated rings. The zero-order valence-corrected chi connectivity index (χ0v) is 8.27. The standard InChI is InChI=1S/C10H10BrF/c11-9-3-1-2-8(6-9)7-10(12)4-5-10/h1-3,6H,4-5,7H2. The minimum absolute atomic E-state index is 0.576. The molecule has 2 heteroatoms. The van der Waals surface area contributed by atoms with Gasteiger partial charge in [0, 0.05) is 10.9 Å². The second-order valence-corrected chi connectivity index (χ2v) is 4.37. The average Bonchev–Trinajstić information content (AvgIpc) is 2.67. The molecule has 1 saturated carbocycles. The van der Waals surface area contributed by atoms with E-state index in [2.05, 4.69) is 15.9 Å². The Hall–Kier alpha value is -0.370. The van der Waals surface area contributed by atoms with E-state index < -0.39 is 5.67 Å². The number of hydrogen-bond donors (Lipinski definition) is 0. The second kappa shape index (κ2) is 2.84. The van der Waals surface area contributed by atoms with Gasteiger partial charge in [0.05, 0.1) is 0 Å². The molecule has 0 N–H and O–H groups in total. The molecule has 1 aromatic carbocycles. The highest BCUT2D eigenvalue weighted by Crippen LogP contribution is 2.42. The van der Waals surface area contributed by atoms with Gasteiger partial charge in [-0.2, -0.15) is 0 Å². The van der Waals surface area contributed by atoms with Gasteiger partial charge in [-0.25, -0.2) is 4.39 Å². The van der Waals surface area contributed by atoms with Crippen LogP contribution in [-0.2, 0) is 6.42 Å². The molecule has 0 saturated heterocycles. The lowest BCUT2D eigenvalue weighted by molar-refractivity contribution is 0.308. The van der Waals surface area contributed by atoms with Gasteiger partial charge >= 0.3 is 0 Å². The lowest BCUT2D eigenvalue weighted by Crippen LogP contribution is -2.03. The minimum atomic E-state index is -0.874. The highest BCUT2D eigenvalue weighted by molar-refractivity contribution is 9.10. The molecule has 0 unspecified atom stereocenters. The van der Waals surface area contributed by atoms with Gasteiger partial charge in [0.15, 0.2) is 0 Å². The van der Waals surface area contributed by atoms with E-state index in [4.69, 9.17) is 0 Å². The maximum atomic E-state index is 13.3. The van der Waals surface area contributed by atoms with Crippen LogP contribution in [0.25, 0.3) is 0 Å². The molecule has 0 atom stereocenters. The normalized spacial score (nSPS) is 19.2. The second-order valence-electron chi connectivity index (χ2n) is 3.46. The summed E-state index contributed by atoms with van der Waals surface area (Å²) in [6.07, 6.45) is 2.05. The van der Waals surface area contributed by atoms with Crippen molar-refractivity contribution in [2.75, 3.05) is 0 Å². The number of rotatable bonds is 2. The first-order valence-electron chi connectivity index (χ1n) is 4.11. The molecule has 64 valence electrons. The summed E-state index contributed by atoms with van der Waals surface area (Å²) in [4.78, 5) is 0. The molecule has 0 bridgehead atoms. The minimum Gasteiger partial charge on any atom is -0.244 e. The summed E-state index contributed by atoms with van der Waals surface area (Å²) in [5.41, 5.74) is 0.213. The molecule has 0 nitrogen and oxygen atoms in total. The van der Waals surface area contributed by atoms with E-state index >= 15 is 0 Å². The van der Waals surface area contributed by atoms with Gasteiger partial charge in [0.1, 0.15) is 5.67 Å². The quantitative estimate of drug-likeness (QED) is 0.728. The number of halogens is 2. The van der Waals surface area contributed by atoms with Gasteiger partial charge < -0.3 is 0 Å². The average molecular weight is 229 g/mol. The van der Waals surface area contributed by atoms with Gasteiger partial charge in [-0.3, -0.25) is 0 Å². The SMILES string of the molecule is FC1(Cc2cccc(Br)c2)CC1. The van der Waals surface area contributed by atoms with E-state index in [0.717, 1.165) is 22.9 Å². The van der Waals surface area contributed by atoms with Crippen LogP contribution in [0.1, 0.15) is 18.4 Å². The Labute approximate surface area is 79.9 Å². The summed E-state index contributed by atoms with van der Waals surface area (Å²) < 4.78 is 14.3. The largest absolute Gasteiger partial charge is 0.244 e. The Bertz CT molecular complexity index is 292. The van der Waals surface area contributed by atoms with E-state index in [1.54, 1.807) is 0 Å². The smallest absolute Gasteiger partial charge is 0.115 e. The molecule has 2 rings (SSSR count). The van der Waals surface area contributed by atoms with Crippen molar-refractivity contribution in [3.05, 3.63) is 34.3 Å². The molecule has 0 aliphatic heterocycles. The molecule has 1 aliphatic rings. The maximum Gasteiger partial charge on any atom is 0.115 e. The highest BCUT2D eigenvalue weighted by atomic mass is 79.9. The zero-order chi connectivity index (χ0) is 8.60. The van der Waals surface area contributed by atoms with Crippen LogP contribution in [0.4, 0.5) is 4.39 Å². The number of hydrogen-bond acceptors (Lipinski definition) is 0. The first-order valence-corrected chi connectivity index (χ1v) is 4.91. The molecule has 1 aromatic rings. The predicted octanol–water partition coefficient (Wildman–Crippen LogP) is 3.49. The molecule has 0 heterocycles. The van der Waals surface area contributed by atoms with Crippen LogP contribution in [0.2, 0.25) is 0 Å². The summed E-state index contributed by atoms with van der Waals surface area (Å²) >= 11 is 3.37. The first kappa shape index (κ1) is 8.24. The summed E-state index contributed by atoms with van der Waals surface area (Å²) in [6, 6.07) is 7.87. The van der Waals surface area contributed by atoms with Gasteiger partial charge in [-0.15, -0.1) is 0 Å². The third-order valence-electron chi connectivity index (χ3n) is 2.20. The summed E-state index contributed by atoms with van der Waals surface area (Å²) in [6.45, 7) is 0. The van der Waals surface area contributed by atoms with Crippen molar-refractivity contribution in [3.63, 3.8) is 0 Å². The monoisotopic (exact) mass is 228 g/mol. The lowest BCUT2D eigenvalue weighted by atomic mass is 10.1. The Morgan fingerprint density at radius 2 is 2.17 bits per heavy atom. The Morgan fingerprint density at radius 3 is 2.75 bits per heavy atom. The Balaban J connectivity index is 2.12. The first-order chi connectivity index (χ1) is 5.68. The fourth-order valence-electron chi connectivity index (χ4n) is 1.33. The van der Waals surface area contributed by atoms with E-state index in [-0.39, 0.29) is 0 Å². The summed E-state index contributed by atoms with van der Waals surface area (Å²) in [7, 11) is 0. The van der Waals surface area contributed by atoms with Crippen LogP contribution in [0, 0.1) is 0 Å².